The third-order valence-corrected chi connectivity index (χ3v) is 5.92. The highest BCUT2D eigenvalue weighted by Gasteiger charge is 2.22. The highest BCUT2D eigenvalue weighted by molar-refractivity contribution is 6.31. The maximum Gasteiger partial charge on any atom is 0.276 e. The van der Waals surface area contributed by atoms with Crippen molar-refractivity contribution in [3.05, 3.63) is 64.8 Å². The third-order valence-electron chi connectivity index (χ3n) is 5.51. The van der Waals surface area contributed by atoms with Gasteiger partial charge in [0.05, 0.1) is 29.0 Å². The van der Waals surface area contributed by atoms with E-state index in [-0.39, 0.29) is 28.7 Å². The highest BCUT2D eigenvalue weighted by atomic mass is 35.5. The Morgan fingerprint density at radius 3 is 2.91 bits per heavy atom. The predicted molar refractivity (Wildman–Crippen MR) is 125 cm³/mol. The Balaban J connectivity index is 1.64. The second-order valence-corrected chi connectivity index (χ2v) is 8.32. The Bertz CT molecular complexity index is 1170. The van der Waals surface area contributed by atoms with Crippen molar-refractivity contribution in [2.45, 2.75) is 25.8 Å². The summed E-state index contributed by atoms with van der Waals surface area (Å²) < 4.78 is 14.5. The molecule has 1 atom stereocenters. The summed E-state index contributed by atoms with van der Waals surface area (Å²) in [4.78, 5) is 23.7. The molecule has 3 aromatic rings. The number of nitrogens with zero attached hydrogens (tertiary/aromatic N) is 3. The number of aromatic nitrogens is 2. The SMILES string of the molecule is Cc1cc(F)c(-c2ccc(N)c(C(=O)Nc3cnccc3N3CCC[C@H](N)C3)n2)cc1Cl. The number of carbonyl (C=O) groups is 1. The van der Waals surface area contributed by atoms with Crippen LogP contribution in [-0.2, 0) is 0 Å². The van der Waals surface area contributed by atoms with Gasteiger partial charge in [-0.05, 0) is 55.7 Å². The molecule has 166 valence electrons. The first kappa shape index (κ1) is 22.0. The van der Waals surface area contributed by atoms with E-state index < -0.39 is 11.7 Å². The maximum atomic E-state index is 14.5. The number of anilines is 3. The molecule has 1 aliphatic heterocycles. The van der Waals surface area contributed by atoms with Crippen LogP contribution in [0.3, 0.4) is 0 Å². The normalized spacial score (nSPS) is 16.1. The van der Waals surface area contributed by atoms with E-state index in [1.54, 1.807) is 25.4 Å². The van der Waals surface area contributed by atoms with Crippen LogP contribution in [0.2, 0.25) is 5.02 Å². The smallest absolute Gasteiger partial charge is 0.276 e. The van der Waals surface area contributed by atoms with Crippen LogP contribution in [0.4, 0.5) is 21.5 Å². The van der Waals surface area contributed by atoms with Crippen LogP contribution in [0, 0.1) is 12.7 Å². The van der Waals surface area contributed by atoms with Gasteiger partial charge in [0.1, 0.15) is 5.82 Å². The minimum Gasteiger partial charge on any atom is -0.397 e. The molecule has 1 aliphatic rings. The van der Waals surface area contributed by atoms with Gasteiger partial charge in [-0.3, -0.25) is 9.78 Å². The second kappa shape index (κ2) is 9.10. The number of rotatable bonds is 4. The first-order valence-electron chi connectivity index (χ1n) is 10.3. The van der Waals surface area contributed by atoms with Crippen molar-refractivity contribution in [2.75, 3.05) is 29.0 Å². The fourth-order valence-corrected chi connectivity index (χ4v) is 3.98. The fraction of sp³-hybridized carbons (Fsp3) is 0.261. The number of carbonyl (C=O) groups excluding carboxylic acids is 1. The Kier molecular flexibility index (Phi) is 6.25. The number of aryl methyl sites for hydroxylation is 1. The molecule has 3 heterocycles. The van der Waals surface area contributed by atoms with Gasteiger partial charge in [0.15, 0.2) is 5.69 Å². The lowest BCUT2D eigenvalue weighted by molar-refractivity contribution is 0.102. The van der Waals surface area contributed by atoms with Gasteiger partial charge in [-0.2, -0.15) is 0 Å². The Hall–Kier alpha value is -3.23. The van der Waals surface area contributed by atoms with Crippen molar-refractivity contribution in [3.63, 3.8) is 0 Å². The van der Waals surface area contributed by atoms with Crippen LogP contribution in [0.1, 0.15) is 28.9 Å². The van der Waals surface area contributed by atoms with Crippen LogP contribution in [-0.4, -0.2) is 35.0 Å². The summed E-state index contributed by atoms with van der Waals surface area (Å²) in [6.07, 6.45) is 5.18. The molecule has 1 aromatic carbocycles. The molecule has 0 aliphatic carbocycles. The molecule has 9 heteroatoms. The Morgan fingerprint density at radius 2 is 2.12 bits per heavy atom. The van der Waals surface area contributed by atoms with Crippen LogP contribution in [0.15, 0.2) is 42.7 Å². The summed E-state index contributed by atoms with van der Waals surface area (Å²) in [5, 5.41) is 3.26. The Morgan fingerprint density at radius 1 is 1.31 bits per heavy atom. The van der Waals surface area contributed by atoms with E-state index in [0.29, 0.717) is 22.8 Å². The lowest BCUT2D eigenvalue weighted by atomic mass is 10.1. The van der Waals surface area contributed by atoms with E-state index in [9.17, 15) is 9.18 Å². The van der Waals surface area contributed by atoms with Crippen molar-refractivity contribution in [1.29, 1.82) is 0 Å². The van der Waals surface area contributed by atoms with Gasteiger partial charge in [-0.25, -0.2) is 9.37 Å². The molecular weight excluding hydrogens is 431 g/mol. The van der Waals surface area contributed by atoms with E-state index in [1.807, 2.05) is 6.07 Å². The molecule has 1 saturated heterocycles. The van der Waals surface area contributed by atoms with Crippen molar-refractivity contribution < 1.29 is 9.18 Å². The van der Waals surface area contributed by atoms with E-state index in [0.717, 1.165) is 25.1 Å². The summed E-state index contributed by atoms with van der Waals surface area (Å²) in [7, 11) is 0. The summed E-state index contributed by atoms with van der Waals surface area (Å²) in [6.45, 7) is 3.24. The van der Waals surface area contributed by atoms with Crippen molar-refractivity contribution in [1.82, 2.24) is 9.97 Å². The number of halogens is 2. The van der Waals surface area contributed by atoms with Crippen LogP contribution in [0.5, 0.6) is 0 Å². The fourth-order valence-electron chi connectivity index (χ4n) is 3.81. The summed E-state index contributed by atoms with van der Waals surface area (Å²) >= 11 is 6.16. The minimum absolute atomic E-state index is 0.0104. The number of hydrogen-bond acceptors (Lipinski definition) is 6. The molecule has 4 rings (SSSR count). The molecule has 1 amide bonds. The summed E-state index contributed by atoms with van der Waals surface area (Å²) in [5.74, 6) is -0.995. The quantitative estimate of drug-likeness (QED) is 0.549. The average molecular weight is 455 g/mol. The average Bonchev–Trinajstić information content (AvgIpc) is 2.77. The van der Waals surface area contributed by atoms with Crippen LogP contribution in [0.25, 0.3) is 11.3 Å². The van der Waals surface area contributed by atoms with Gasteiger partial charge in [-0.15, -0.1) is 0 Å². The molecule has 5 N–H and O–H groups in total. The molecule has 7 nitrogen and oxygen atoms in total. The number of amides is 1. The van der Waals surface area contributed by atoms with E-state index in [1.165, 1.54) is 18.2 Å². The topological polar surface area (TPSA) is 110 Å². The number of nitrogens with two attached hydrogens (primary N) is 2. The second-order valence-electron chi connectivity index (χ2n) is 7.91. The van der Waals surface area contributed by atoms with Gasteiger partial charge in [-0.1, -0.05) is 11.6 Å². The molecule has 0 unspecified atom stereocenters. The van der Waals surface area contributed by atoms with E-state index >= 15 is 0 Å². The lowest BCUT2D eigenvalue weighted by Crippen LogP contribution is -2.43. The molecule has 0 bridgehead atoms. The molecule has 2 aromatic heterocycles. The number of nitrogens with one attached hydrogen (secondary N) is 1. The predicted octanol–water partition coefficient (Wildman–Crippen LogP) is 4.01. The van der Waals surface area contributed by atoms with E-state index in [4.69, 9.17) is 23.1 Å². The standard InChI is InChI=1S/C23H24ClFN6O/c1-13-9-17(25)15(10-16(13)24)19-5-4-18(27)22(29-19)23(32)30-20-11-28-7-6-21(20)31-8-2-3-14(26)12-31/h4-7,9-11,14H,2-3,8,12,26-27H2,1H3,(H,30,32)/t14-/m0/s1. The molecule has 1 fully saturated rings. The maximum absolute atomic E-state index is 14.5. The zero-order valence-electron chi connectivity index (χ0n) is 17.6. The number of benzene rings is 1. The largest absolute Gasteiger partial charge is 0.397 e. The minimum atomic E-state index is -0.515. The summed E-state index contributed by atoms with van der Waals surface area (Å²) in [6, 6.07) is 7.82. The van der Waals surface area contributed by atoms with Crippen molar-refractivity contribution in [3.8, 4) is 11.3 Å². The lowest BCUT2D eigenvalue weighted by Gasteiger charge is -2.33. The van der Waals surface area contributed by atoms with Gasteiger partial charge in [0.2, 0.25) is 0 Å². The van der Waals surface area contributed by atoms with Gasteiger partial charge < -0.3 is 21.7 Å². The summed E-state index contributed by atoms with van der Waals surface area (Å²) in [5.41, 5.74) is 14.7. The van der Waals surface area contributed by atoms with Gasteiger partial charge in [0.25, 0.3) is 5.91 Å². The number of hydrogen-bond donors (Lipinski definition) is 3. The van der Waals surface area contributed by atoms with Crippen LogP contribution < -0.4 is 21.7 Å². The first-order valence-corrected chi connectivity index (χ1v) is 10.7. The highest BCUT2D eigenvalue weighted by Crippen LogP contribution is 2.30. The number of pyridine rings is 2. The van der Waals surface area contributed by atoms with Crippen molar-refractivity contribution >= 4 is 34.6 Å². The molecular formula is C23H24ClFN6O. The Labute approximate surface area is 190 Å². The number of piperidine rings is 1. The molecule has 32 heavy (non-hydrogen) atoms. The number of nitrogen functional groups attached to an aromatic ring is 1. The molecule has 0 radical (unpaired) electrons. The van der Waals surface area contributed by atoms with Gasteiger partial charge in [0, 0.05) is 35.9 Å². The zero-order chi connectivity index (χ0) is 22.8. The van der Waals surface area contributed by atoms with E-state index in [2.05, 4.69) is 20.2 Å². The molecule has 0 saturated carbocycles. The first-order chi connectivity index (χ1) is 15.3. The van der Waals surface area contributed by atoms with Gasteiger partial charge >= 0.3 is 0 Å². The van der Waals surface area contributed by atoms with Crippen LogP contribution >= 0.6 is 11.6 Å². The third kappa shape index (κ3) is 4.51. The zero-order valence-corrected chi connectivity index (χ0v) is 18.4. The van der Waals surface area contributed by atoms with Crippen molar-refractivity contribution in [2.24, 2.45) is 5.73 Å². The molecule has 0 spiro atoms. The monoisotopic (exact) mass is 454 g/mol.